The summed E-state index contributed by atoms with van der Waals surface area (Å²) in [6.07, 6.45) is 0. The molecular weight excluding hydrogens is 277 g/mol. The van der Waals surface area contributed by atoms with Gasteiger partial charge in [-0.15, -0.1) is 0 Å². The molecule has 2 fully saturated rings. The van der Waals surface area contributed by atoms with Gasteiger partial charge in [-0.3, -0.25) is 9.65 Å². The van der Waals surface area contributed by atoms with Gasteiger partial charge in [-0.2, -0.15) is 9.97 Å². The summed E-state index contributed by atoms with van der Waals surface area (Å²) in [5.74, 6) is 0.425. The van der Waals surface area contributed by atoms with Crippen molar-refractivity contribution in [3.8, 4) is 6.01 Å². The number of hydrogen-bond donors (Lipinski definition) is 1. The minimum atomic E-state index is -2.70. The van der Waals surface area contributed by atoms with E-state index in [1.807, 2.05) is 9.34 Å². The number of nitrogens with one attached hydrogen (secondary N) is 1. The highest BCUT2D eigenvalue weighted by atomic mass is 35.5. The smallest absolute Gasteiger partial charge is 0.319 e. The van der Waals surface area contributed by atoms with E-state index in [0.717, 1.165) is 26.2 Å². The van der Waals surface area contributed by atoms with E-state index in [1.54, 1.807) is 6.07 Å². The molecule has 0 bridgehead atoms. The van der Waals surface area contributed by atoms with E-state index in [2.05, 4.69) is 15.1 Å². The van der Waals surface area contributed by atoms with E-state index in [1.165, 1.54) is 7.11 Å². The molecule has 2 aliphatic rings. The molecule has 0 saturated carbocycles. The molecule has 7 nitrogen and oxygen atoms in total. The molecule has 0 aromatic carbocycles. The Bertz CT molecular complexity index is 504. The van der Waals surface area contributed by atoms with E-state index in [4.69, 9.17) is 16.3 Å². The third-order valence-corrected chi connectivity index (χ3v) is 5.78. The van der Waals surface area contributed by atoms with Crippen LogP contribution in [-0.2, 0) is 4.57 Å². The summed E-state index contributed by atoms with van der Waals surface area (Å²) < 4.78 is 21.6. The first-order chi connectivity index (χ1) is 8.61. The highest BCUT2D eigenvalue weighted by molar-refractivity contribution is 7.61. The molecule has 9 heteroatoms. The first-order valence-electron chi connectivity index (χ1n) is 5.59. The van der Waals surface area contributed by atoms with Gasteiger partial charge in [0.15, 0.2) is 0 Å². The second-order valence-corrected chi connectivity index (χ2v) is 6.96. The van der Waals surface area contributed by atoms with Crippen LogP contribution in [0.1, 0.15) is 0 Å². The zero-order valence-corrected chi connectivity index (χ0v) is 11.5. The Hall–Kier alpha value is -0.880. The highest BCUT2D eigenvalue weighted by Crippen LogP contribution is 2.59. The maximum Gasteiger partial charge on any atom is 0.319 e. The molecule has 0 unspecified atom stereocenters. The molecule has 1 aromatic heterocycles. The van der Waals surface area contributed by atoms with Crippen molar-refractivity contribution in [2.24, 2.45) is 0 Å². The first kappa shape index (κ1) is 12.2. The van der Waals surface area contributed by atoms with Crippen molar-refractivity contribution in [2.45, 2.75) is 0 Å². The van der Waals surface area contributed by atoms with Crippen molar-refractivity contribution in [2.75, 3.05) is 38.4 Å². The topological polar surface area (TPSA) is 70.1 Å². The Kier molecular flexibility index (Phi) is 2.94. The highest BCUT2D eigenvalue weighted by Gasteiger charge is 2.48. The number of methoxy groups -OCH3 is 1. The van der Waals surface area contributed by atoms with E-state index in [9.17, 15) is 4.57 Å². The number of nitrogens with zero attached hydrogens (tertiary/aromatic N) is 4. The van der Waals surface area contributed by atoms with Crippen LogP contribution in [0, 0.1) is 0 Å². The fraction of sp³-hybridized carbons (Fsp3) is 0.556. The second-order valence-electron chi connectivity index (χ2n) is 4.13. The molecule has 98 valence electrons. The van der Waals surface area contributed by atoms with Crippen LogP contribution in [0.2, 0.25) is 5.15 Å². The molecule has 0 amide bonds. The molecule has 0 atom stereocenters. The van der Waals surface area contributed by atoms with Gasteiger partial charge in [0.05, 0.1) is 7.11 Å². The Labute approximate surface area is 110 Å². The zero-order valence-electron chi connectivity index (χ0n) is 9.84. The van der Waals surface area contributed by atoms with Gasteiger partial charge in [-0.25, -0.2) is 9.34 Å². The van der Waals surface area contributed by atoms with Gasteiger partial charge in [-0.05, 0) is 0 Å². The Balaban J connectivity index is 1.86. The van der Waals surface area contributed by atoms with E-state index >= 15 is 0 Å². The first-order valence-corrected chi connectivity index (χ1v) is 7.58. The lowest BCUT2D eigenvalue weighted by atomic mass is 10.6. The van der Waals surface area contributed by atoms with Crippen molar-refractivity contribution in [3.63, 3.8) is 0 Å². The van der Waals surface area contributed by atoms with Gasteiger partial charge in [0.1, 0.15) is 11.0 Å². The van der Waals surface area contributed by atoms with Crippen LogP contribution in [0.25, 0.3) is 0 Å². The fourth-order valence-corrected chi connectivity index (χ4v) is 4.14. The normalized spacial score (nSPS) is 19.7. The molecule has 0 radical (unpaired) electrons. The van der Waals surface area contributed by atoms with Crippen LogP contribution in [-0.4, -0.2) is 52.6 Å². The number of anilines is 1. The lowest BCUT2D eigenvalue weighted by Crippen LogP contribution is -2.13. The van der Waals surface area contributed by atoms with Gasteiger partial charge in [-0.1, -0.05) is 11.6 Å². The maximum absolute atomic E-state index is 12.8. The summed E-state index contributed by atoms with van der Waals surface area (Å²) >= 11 is 5.86. The second kappa shape index (κ2) is 4.35. The number of rotatable bonds is 5. The van der Waals surface area contributed by atoms with E-state index in [0.29, 0.717) is 5.82 Å². The van der Waals surface area contributed by atoms with Gasteiger partial charge in [0.2, 0.25) is 0 Å². The quantitative estimate of drug-likeness (QED) is 0.497. The van der Waals surface area contributed by atoms with Crippen LogP contribution in [0.5, 0.6) is 6.01 Å². The number of aromatic nitrogens is 2. The monoisotopic (exact) mass is 289 g/mol. The SMILES string of the molecule is COc1nc(Cl)cc(NP(=O)(N2CC2)N2CC2)n1. The molecule has 1 aromatic rings. The summed E-state index contributed by atoms with van der Waals surface area (Å²) in [4.78, 5) is 7.98. The molecule has 0 spiro atoms. The predicted octanol–water partition coefficient (Wildman–Crippen LogP) is 1.29. The van der Waals surface area contributed by atoms with Crippen molar-refractivity contribution in [1.82, 2.24) is 19.3 Å². The lowest BCUT2D eigenvalue weighted by molar-refractivity contribution is 0.380. The van der Waals surface area contributed by atoms with Crippen LogP contribution in [0.3, 0.4) is 0 Å². The summed E-state index contributed by atoms with van der Waals surface area (Å²) in [7, 11) is -1.24. The van der Waals surface area contributed by atoms with E-state index < -0.39 is 7.59 Å². The van der Waals surface area contributed by atoms with Gasteiger partial charge in [0.25, 0.3) is 0 Å². The number of ether oxygens (including phenoxy) is 1. The lowest BCUT2D eigenvalue weighted by Gasteiger charge is -2.21. The maximum atomic E-state index is 12.8. The average molecular weight is 290 g/mol. The van der Waals surface area contributed by atoms with E-state index in [-0.39, 0.29) is 11.2 Å². The molecule has 18 heavy (non-hydrogen) atoms. The predicted molar refractivity (Wildman–Crippen MR) is 68.0 cm³/mol. The zero-order chi connectivity index (χ0) is 12.8. The fourth-order valence-electron chi connectivity index (χ4n) is 1.65. The largest absolute Gasteiger partial charge is 0.467 e. The average Bonchev–Trinajstić information content (AvgIpc) is 3.19. The van der Waals surface area contributed by atoms with Crippen LogP contribution < -0.4 is 9.82 Å². The molecule has 1 N–H and O–H groups in total. The summed E-state index contributed by atoms with van der Waals surface area (Å²) in [6.45, 7) is 3.38. The molecule has 2 saturated heterocycles. The van der Waals surface area contributed by atoms with Crippen molar-refractivity contribution in [3.05, 3.63) is 11.2 Å². The summed E-state index contributed by atoms with van der Waals surface area (Å²) in [5.41, 5.74) is 0. The van der Waals surface area contributed by atoms with Gasteiger partial charge >= 0.3 is 13.6 Å². The Morgan fingerprint density at radius 3 is 2.44 bits per heavy atom. The van der Waals surface area contributed by atoms with Crippen molar-refractivity contribution in [1.29, 1.82) is 0 Å². The summed E-state index contributed by atoms with van der Waals surface area (Å²) in [5, 5.41) is 3.24. The van der Waals surface area contributed by atoms with Gasteiger partial charge in [0, 0.05) is 32.2 Å². The molecule has 0 aliphatic carbocycles. The van der Waals surface area contributed by atoms with Crippen LogP contribution in [0.4, 0.5) is 5.82 Å². The molecule has 2 aliphatic heterocycles. The Morgan fingerprint density at radius 1 is 1.33 bits per heavy atom. The van der Waals surface area contributed by atoms with Crippen LogP contribution >= 0.6 is 19.2 Å². The Morgan fingerprint density at radius 2 is 1.94 bits per heavy atom. The molecular formula is C9H13ClN5O2P. The molecule has 3 heterocycles. The standard InChI is InChI=1S/C9H13ClN5O2P/c1-17-9-11-7(10)6-8(12-9)13-18(16,14-2-3-14)15-4-5-15/h6H,2-5H2,1H3,(H,11,12,13,16). The summed E-state index contributed by atoms with van der Waals surface area (Å²) in [6, 6.07) is 1.71. The van der Waals surface area contributed by atoms with Crippen molar-refractivity contribution >= 4 is 25.0 Å². The minimum Gasteiger partial charge on any atom is -0.467 e. The third kappa shape index (κ3) is 2.31. The number of hydrogen-bond acceptors (Lipinski definition) is 4. The minimum absolute atomic E-state index is 0.160. The van der Waals surface area contributed by atoms with Crippen LogP contribution in [0.15, 0.2) is 6.07 Å². The van der Waals surface area contributed by atoms with Crippen molar-refractivity contribution < 1.29 is 9.30 Å². The third-order valence-electron chi connectivity index (χ3n) is 2.73. The molecule has 3 rings (SSSR count). The van der Waals surface area contributed by atoms with Gasteiger partial charge < -0.3 is 4.74 Å². The number of halogens is 1.